The normalized spacial score (nSPS) is 14.2. The smallest absolute Gasteiger partial charge is 0.209 e. The van der Waals surface area contributed by atoms with Crippen LogP contribution in [0.5, 0.6) is 0 Å². The molecule has 0 spiro atoms. The Kier molecular flexibility index (Phi) is 8.05. The maximum Gasteiger partial charge on any atom is 0.209 e. The number of amides is 1. The second-order valence-electron chi connectivity index (χ2n) is 11.8. The number of rotatable bonds is 11. The minimum absolute atomic E-state index is 0.142. The van der Waals surface area contributed by atoms with E-state index in [2.05, 4.69) is 69.2 Å². The van der Waals surface area contributed by atoms with Crippen LogP contribution in [0, 0.1) is 27.6 Å². The van der Waals surface area contributed by atoms with Crippen LogP contribution in [0.25, 0.3) is 0 Å². The molecule has 0 aromatic heterocycles. The summed E-state index contributed by atoms with van der Waals surface area (Å²) in [6, 6.07) is 0. The molecule has 1 amide bonds. The van der Waals surface area contributed by atoms with Crippen molar-refractivity contribution in [2.75, 3.05) is 13.6 Å². The first kappa shape index (κ1) is 23.5. The monoisotopic (exact) mass is 339 g/mol. The molecule has 0 aromatic carbocycles. The molecule has 0 atom stereocenters. The zero-order chi connectivity index (χ0) is 19.4. The summed E-state index contributed by atoms with van der Waals surface area (Å²) in [6.07, 6.45) is 5.83. The topological polar surface area (TPSA) is 20.3 Å². The van der Waals surface area contributed by atoms with Crippen molar-refractivity contribution in [2.24, 2.45) is 27.6 Å². The average Bonchev–Trinajstić information content (AvgIpc) is 2.19. The van der Waals surface area contributed by atoms with E-state index in [1.807, 2.05) is 7.05 Å². The van der Waals surface area contributed by atoms with Crippen molar-refractivity contribution in [2.45, 2.75) is 94.9 Å². The minimum atomic E-state index is 0.142. The molecule has 144 valence electrons. The lowest BCUT2D eigenvalue weighted by Gasteiger charge is -2.43. The fourth-order valence-corrected chi connectivity index (χ4v) is 5.96. The minimum Gasteiger partial charge on any atom is -0.348 e. The number of hydrogen-bond donors (Lipinski definition) is 0. The van der Waals surface area contributed by atoms with Gasteiger partial charge in [0, 0.05) is 13.6 Å². The van der Waals surface area contributed by atoms with Crippen molar-refractivity contribution >= 4 is 6.41 Å². The van der Waals surface area contributed by atoms with Gasteiger partial charge in [0.05, 0.1) is 0 Å². The van der Waals surface area contributed by atoms with Gasteiger partial charge >= 0.3 is 0 Å². The van der Waals surface area contributed by atoms with Gasteiger partial charge in [0.2, 0.25) is 6.41 Å². The summed E-state index contributed by atoms with van der Waals surface area (Å²) in [5.41, 5.74) is 1.13. The van der Waals surface area contributed by atoms with Crippen molar-refractivity contribution in [1.82, 2.24) is 4.90 Å². The molecule has 24 heavy (non-hydrogen) atoms. The van der Waals surface area contributed by atoms with Crippen LogP contribution in [0.1, 0.15) is 94.9 Å². The summed E-state index contributed by atoms with van der Waals surface area (Å²) in [5, 5.41) is 0. The number of carbonyl (C=O) groups is 1. The predicted octanol–water partition coefficient (Wildman–Crippen LogP) is 6.40. The van der Waals surface area contributed by atoms with Crippen molar-refractivity contribution < 1.29 is 4.79 Å². The molecule has 0 saturated heterocycles. The van der Waals surface area contributed by atoms with E-state index < -0.39 is 0 Å². The van der Waals surface area contributed by atoms with Crippen LogP contribution in [-0.4, -0.2) is 24.9 Å². The summed E-state index contributed by atoms with van der Waals surface area (Å²) in [4.78, 5) is 12.7. The fourth-order valence-electron chi connectivity index (χ4n) is 5.96. The second kappa shape index (κ2) is 8.23. The largest absolute Gasteiger partial charge is 0.348 e. The van der Waals surface area contributed by atoms with E-state index in [0.29, 0.717) is 10.8 Å². The molecular formula is C22H45NO. The molecule has 0 N–H and O–H groups in total. The lowest BCUT2D eigenvalue weighted by Crippen LogP contribution is -2.36. The van der Waals surface area contributed by atoms with Crippen molar-refractivity contribution in [3.63, 3.8) is 0 Å². The highest BCUT2D eigenvalue weighted by Crippen LogP contribution is 2.47. The lowest BCUT2D eigenvalue weighted by molar-refractivity contribution is -0.118. The second-order valence-corrected chi connectivity index (χ2v) is 11.8. The third-order valence-corrected chi connectivity index (χ3v) is 4.69. The highest BCUT2D eigenvalue weighted by molar-refractivity contribution is 5.46. The highest BCUT2D eigenvalue weighted by Gasteiger charge is 2.37. The van der Waals surface area contributed by atoms with Crippen molar-refractivity contribution in [3.8, 4) is 0 Å². The SMILES string of the molecule is CC(C)CC(C)(C)CC(C)(C)CC(C)(C)CC(C)(C)CN(C)C=O. The summed E-state index contributed by atoms with van der Waals surface area (Å²) in [7, 11) is 1.88. The molecule has 0 aliphatic heterocycles. The van der Waals surface area contributed by atoms with Gasteiger partial charge in [-0.1, -0.05) is 69.2 Å². The molecule has 2 heteroatoms. The standard InChI is InChI=1S/C22H45NO/c1-18(2)12-19(3,4)13-20(5,6)14-21(7,8)15-22(9,10)16-23(11)17-24/h17-18H,12-16H2,1-11H3. The number of carbonyl (C=O) groups excluding carboxylic acids is 1. The molecule has 0 rings (SSSR count). The molecule has 0 aromatic rings. The van der Waals surface area contributed by atoms with Crippen LogP contribution < -0.4 is 0 Å². The Hall–Kier alpha value is -0.530. The Balaban J connectivity index is 4.90. The third-order valence-electron chi connectivity index (χ3n) is 4.69. The van der Waals surface area contributed by atoms with E-state index in [9.17, 15) is 4.79 Å². The van der Waals surface area contributed by atoms with Crippen LogP contribution in [0.3, 0.4) is 0 Å². The van der Waals surface area contributed by atoms with E-state index in [1.54, 1.807) is 4.90 Å². The van der Waals surface area contributed by atoms with E-state index in [-0.39, 0.29) is 10.8 Å². The Morgan fingerprint density at radius 3 is 1.50 bits per heavy atom. The number of nitrogens with zero attached hydrogens (tertiary/aromatic N) is 1. The van der Waals surface area contributed by atoms with Crippen LogP contribution in [0.2, 0.25) is 0 Å². The first-order chi connectivity index (χ1) is 10.5. The van der Waals surface area contributed by atoms with Crippen LogP contribution in [0.4, 0.5) is 0 Å². The predicted molar refractivity (Wildman–Crippen MR) is 107 cm³/mol. The van der Waals surface area contributed by atoms with Crippen LogP contribution in [0.15, 0.2) is 0 Å². The molecule has 0 fully saturated rings. The van der Waals surface area contributed by atoms with E-state index in [0.717, 1.165) is 25.3 Å². The van der Waals surface area contributed by atoms with Gasteiger partial charge in [-0.25, -0.2) is 0 Å². The van der Waals surface area contributed by atoms with Crippen LogP contribution in [-0.2, 0) is 4.79 Å². The zero-order valence-corrected chi connectivity index (χ0v) is 18.5. The van der Waals surface area contributed by atoms with E-state index in [4.69, 9.17) is 0 Å². The molecule has 2 nitrogen and oxygen atoms in total. The molecule has 0 bridgehead atoms. The van der Waals surface area contributed by atoms with Gasteiger partial charge in [-0.05, 0) is 53.3 Å². The maximum absolute atomic E-state index is 10.9. The van der Waals surface area contributed by atoms with Crippen molar-refractivity contribution in [1.29, 1.82) is 0 Å². The zero-order valence-electron chi connectivity index (χ0n) is 18.5. The quantitative estimate of drug-likeness (QED) is 0.399. The summed E-state index contributed by atoms with van der Waals surface area (Å²) >= 11 is 0. The molecule has 0 aliphatic carbocycles. The van der Waals surface area contributed by atoms with Gasteiger partial charge in [-0.3, -0.25) is 4.79 Å². The Bertz CT molecular complexity index is 391. The summed E-state index contributed by atoms with van der Waals surface area (Å²) < 4.78 is 0. The van der Waals surface area contributed by atoms with Crippen LogP contribution >= 0.6 is 0 Å². The Labute approximate surface area is 152 Å². The van der Waals surface area contributed by atoms with Crippen molar-refractivity contribution in [3.05, 3.63) is 0 Å². The first-order valence-electron chi connectivity index (χ1n) is 9.65. The molecule has 0 radical (unpaired) electrons. The van der Waals surface area contributed by atoms with E-state index >= 15 is 0 Å². The number of hydrogen-bond acceptors (Lipinski definition) is 1. The molecule has 0 saturated carbocycles. The van der Waals surface area contributed by atoms with Gasteiger partial charge in [-0.2, -0.15) is 0 Å². The third kappa shape index (κ3) is 10.4. The Morgan fingerprint density at radius 1 is 0.750 bits per heavy atom. The first-order valence-corrected chi connectivity index (χ1v) is 9.65. The molecule has 0 unspecified atom stereocenters. The molecular weight excluding hydrogens is 294 g/mol. The fraction of sp³-hybridized carbons (Fsp3) is 0.955. The van der Waals surface area contributed by atoms with Gasteiger partial charge in [-0.15, -0.1) is 0 Å². The average molecular weight is 340 g/mol. The Morgan fingerprint density at radius 2 is 1.12 bits per heavy atom. The van der Waals surface area contributed by atoms with Gasteiger partial charge in [0.1, 0.15) is 0 Å². The van der Waals surface area contributed by atoms with Gasteiger partial charge < -0.3 is 4.90 Å². The van der Waals surface area contributed by atoms with Gasteiger partial charge in [0.15, 0.2) is 0 Å². The summed E-state index contributed by atoms with van der Waals surface area (Å²) in [5.74, 6) is 0.752. The highest BCUT2D eigenvalue weighted by atomic mass is 16.1. The maximum atomic E-state index is 10.9. The summed E-state index contributed by atoms with van der Waals surface area (Å²) in [6.45, 7) is 24.5. The van der Waals surface area contributed by atoms with E-state index in [1.165, 1.54) is 19.3 Å². The molecule has 0 aliphatic rings. The molecule has 0 heterocycles. The lowest BCUT2D eigenvalue weighted by atomic mass is 9.63. The van der Waals surface area contributed by atoms with Gasteiger partial charge in [0.25, 0.3) is 0 Å².